The Kier molecular flexibility index (Phi) is 2.52. The smallest absolute Gasteiger partial charge is 0.132 e. The Labute approximate surface area is 113 Å². The summed E-state index contributed by atoms with van der Waals surface area (Å²) in [4.78, 5) is 6.87. The number of aromatic nitrogens is 1. The zero-order valence-corrected chi connectivity index (χ0v) is 10.8. The van der Waals surface area contributed by atoms with Crippen LogP contribution in [0.3, 0.4) is 0 Å². The molecule has 0 aliphatic carbocycles. The van der Waals surface area contributed by atoms with Crippen LogP contribution in [-0.2, 0) is 6.54 Å². The summed E-state index contributed by atoms with van der Waals surface area (Å²) in [5.41, 5.74) is 4.35. The van der Waals surface area contributed by atoms with Crippen molar-refractivity contribution in [3.63, 3.8) is 0 Å². The molecule has 2 aromatic rings. The van der Waals surface area contributed by atoms with Crippen LogP contribution in [0.15, 0.2) is 42.6 Å². The molecule has 1 unspecified atom stereocenters. The van der Waals surface area contributed by atoms with Gasteiger partial charge in [0.05, 0.1) is 0 Å². The fourth-order valence-corrected chi connectivity index (χ4v) is 3.35. The molecule has 0 radical (unpaired) electrons. The van der Waals surface area contributed by atoms with Crippen LogP contribution in [0, 0.1) is 0 Å². The first-order valence-electron chi connectivity index (χ1n) is 6.94. The lowest BCUT2D eigenvalue weighted by Crippen LogP contribution is -2.36. The molecule has 0 bridgehead atoms. The summed E-state index contributed by atoms with van der Waals surface area (Å²) in [6.45, 7) is 3.16. The van der Waals surface area contributed by atoms with E-state index in [1.54, 1.807) is 0 Å². The molecule has 3 nitrogen and oxygen atoms in total. The maximum absolute atomic E-state index is 4.51. The number of hydrogen-bond donors (Lipinski definition) is 1. The Morgan fingerprint density at radius 3 is 3.05 bits per heavy atom. The van der Waals surface area contributed by atoms with Crippen LogP contribution in [0.5, 0.6) is 0 Å². The Balaban J connectivity index is 1.85. The van der Waals surface area contributed by atoms with Crippen molar-refractivity contribution in [3.8, 4) is 0 Å². The van der Waals surface area contributed by atoms with Crippen LogP contribution < -0.4 is 10.2 Å². The van der Waals surface area contributed by atoms with Crippen LogP contribution in [0.4, 0.5) is 11.5 Å². The molecular formula is C16H17N3. The molecule has 0 saturated heterocycles. The van der Waals surface area contributed by atoms with Crippen LogP contribution in [-0.4, -0.2) is 18.1 Å². The van der Waals surface area contributed by atoms with E-state index in [1.807, 2.05) is 12.3 Å². The normalized spacial score (nSPS) is 21.1. The fraction of sp³-hybridized carbons (Fsp3) is 0.312. The molecule has 1 atom stereocenters. The SMILES string of the molecule is c1ccc(N2CCC3CNCc4cccc2c43)nc1. The number of anilines is 2. The Morgan fingerprint density at radius 2 is 2.16 bits per heavy atom. The van der Waals surface area contributed by atoms with Gasteiger partial charge in [0.1, 0.15) is 5.82 Å². The number of rotatable bonds is 1. The van der Waals surface area contributed by atoms with E-state index < -0.39 is 0 Å². The number of nitrogens with one attached hydrogen (secondary N) is 1. The number of pyridine rings is 1. The van der Waals surface area contributed by atoms with Crippen molar-refractivity contribution in [2.75, 3.05) is 18.0 Å². The lowest BCUT2D eigenvalue weighted by atomic mass is 9.84. The summed E-state index contributed by atoms with van der Waals surface area (Å²) >= 11 is 0. The highest BCUT2D eigenvalue weighted by molar-refractivity contribution is 5.68. The molecule has 0 amide bonds. The van der Waals surface area contributed by atoms with E-state index in [0.717, 1.165) is 25.5 Å². The third-order valence-corrected chi connectivity index (χ3v) is 4.21. The first-order chi connectivity index (χ1) is 9.43. The van der Waals surface area contributed by atoms with Gasteiger partial charge in [-0.3, -0.25) is 0 Å². The van der Waals surface area contributed by atoms with E-state index in [0.29, 0.717) is 5.92 Å². The Bertz CT molecular complexity index is 594. The van der Waals surface area contributed by atoms with Gasteiger partial charge in [0, 0.05) is 37.4 Å². The zero-order valence-electron chi connectivity index (χ0n) is 10.8. The highest BCUT2D eigenvalue weighted by Crippen LogP contribution is 2.41. The van der Waals surface area contributed by atoms with Crippen molar-refractivity contribution < 1.29 is 0 Å². The molecule has 1 aromatic carbocycles. The Morgan fingerprint density at radius 1 is 1.16 bits per heavy atom. The highest BCUT2D eigenvalue weighted by Gasteiger charge is 2.30. The van der Waals surface area contributed by atoms with Crippen molar-refractivity contribution in [3.05, 3.63) is 53.7 Å². The minimum absolute atomic E-state index is 0.667. The molecule has 0 spiro atoms. The summed E-state index contributed by atoms with van der Waals surface area (Å²) < 4.78 is 0. The average molecular weight is 251 g/mol. The average Bonchev–Trinajstić information content (AvgIpc) is 2.49. The number of benzene rings is 1. The fourth-order valence-electron chi connectivity index (χ4n) is 3.35. The van der Waals surface area contributed by atoms with Crippen molar-refractivity contribution in [2.24, 2.45) is 0 Å². The summed E-state index contributed by atoms with van der Waals surface area (Å²) in [6, 6.07) is 12.8. The van der Waals surface area contributed by atoms with Gasteiger partial charge in [-0.05, 0) is 35.7 Å². The van der Waals surface area contributed by atoms with Gasteiger partial charge in [-0.1, -0.05) is 18.2 Å². The van der Waals surface area contributed by atoms with Gasteiger partial charge in [-0.25, -0.2) is 4.98 Å². The standard InChI is InChI=1S/C16H17N3/c1-2-8-18-15(6-1)19-9-7-13-11-17-10-12-4-3-5-14(19)16(12)13/h1-6,8,13,17H,7,9-11H2. The molecule has 2 aliphatic rings. The molecule has 4 rings (SSSR count). The molecule has 96 valence electrons. The van der Waals surface area contributed by atoms with E-state index in [9.17, 15) is 0 Å². The summed E-state index contributed by atoms with van der Waals surface area (Å²) in [6.07, 6.45) is 3.08. The maximum atomic E-state index is 4.51. The van der Waals surface area contributed by atoms with Crippen molar-refractivity contribution in [1.82, 2.24) is 10.3 Å². The van der Waals surface area contributed by atoms with E-state index in [-0.39, 0.29) is 0 Å². The molecule has 1 N–H and O–H groups in total. The van der Waals surface area contributed by atoms with Gasteiger partial charge in [-0.15, -0.1) is 0 Å². The quantitative estimate of drug-likeness (QED) is 0.844. The number of nitrogens with zero attached hydrogens (tertiary/aromatic N) is 2. The van der Waals surface area contributed by atoms with E-state index in [2.05, 4.69) is 45.5 Å². The van der Waals surface area contributed by atoms with Crippen molar-refractivity contribution >= 4 is 11.5 Å². The summed E-state index contributed by atoms with van der Waals surface area (Å²) in [5, 5.41) is 3.52. The van der Waals surface area contributed by atoms with Gasteiger partial charge >= 0.3 is 0 Å². The van der Waals surface area contributed by atoms with Crippen LogP contribution in [0.25, 0.3) is 0 Å². The third-order valence-electron chi connectivity index (χ3n) is 4.21. The second-order valence-corrected chi connectivity index (χ2v) is 5.31. The predicted molar refractivity (Wildman–Crippen MR) is 76.7 cm³/mol. The molecule has 0 fully saturated rings. The minimum Gasteiger partial charge on any atom is -0.326 e. The second-order valence-electron chi connectivity index (χ2n) is 5.31. The van der Waals surface area contributed by atoms with Crippen LogP contribution in [0.1, 0.15) is 23.5 Å². The zero-order chi connectivity index (χ0) is 12.7. The molecule has 19 heavy (non-hydrogen) atoms. The van der Waals surface area contributed by atoms with Crippen LogP contribution in [0.2, 0.25) is 0 Å². The van der Waals surface area contributed by atoms with E-state index in [1.165, 1.54) is 23.2 Å². The lowest BCUT2D eigenvalue weighted by Gasteiger charge is -2.38. The maximum Gasteiger partial charge on any atom is 0.132 e. The monoisotopic (exact) mass is 251 g/mol. The van der Waals surface area contributed by atoms with Gasteiger partial charge < -0.3 is 10.2 Å². The number of hydrogen-bond acceptors (Lipinski definition) is 3. The van der Waals surface area contributed by atoms with Crippen molar-refractivity contribution in [2.45, 2.75) is 18.9 Å². The highest BCUT2D eigenvalue weighted by atomic mass is 15.2. The molecular weight excluding hydrogens is 234 g/mol. The van der Waals surface area contributed by atoms with Crippen LogP contribution >= 0.6 is 0 Å². The second kappa shape index (κ2) is 4.35. The van der Waals surface area contributed by atoms with Crippen molar-refractivity contribution in [1.29, 1.82) is 0 Å². The lowest BCUT2D eigenvalue weighted by molar-refractivity contribution is 0.502. The first kappa shape index (κ1) is 11.0. The summed E-state index contributed by atoms with van der Waals surface area (Å²) in [5.74, 6) is 1.73. The first-order valence-corrected chi connectivity index (χ1v) is 6.94. The van der Waals surface area contributed by atoms with Gasteiger partial charge in [-0.2, -0.15) is 0 Å². The molecule has 2 aliphatic heterocycles. The third kappa shape index (κ3) is 1.73. The largest absolute Gasteiger partial charge is 0.326 e. The van der Waals surface area contributed by atoms with Gasteiger partial charge in [0.25, 0.3) is 0 Å². The molecule has 3 heterocycles. The summed E-state index contributed by atoms with van der Waals surface area (Å²) in [7, 11) is 0. The molecule has 1 aromatic heterocycles. The van der Waals surface area contributed by atoms with Gasteiger partial charge in [0.2, 0.25) is 0 Å². The van der Waals surface area contributed by atoms with E-state index >= 15 is 0 Å². The minimum atomic E-state index is 0.667. The predicted octanol–water partition coefficient (Wildman–Crippen LogP) is 2.81. The molecule has 3 heteroatoms. The molecule has 0 saturated carbocycles. The Hall–Kier alpha value is -1.87. The van der Waals surface area contributed by atoms with E-state index in [4.69, 9.17) is 0 Å². The topological polar surface area (TPSA) is 28.2 Å². The van der Waals surface area contributed by atoms with Gasteiger partial charge in [0.15, 0.2) is 0 Å².